The first kappa shape index (κ1) is 16.9. The summed E-state index contributed by atoms with van der Waals surface area (Å²) in [6.07, 6.45) is 0. The summed E-state index contributed by atoms with van der Waals surface area (Å²) in [4.78, 5) is 0. The maximum atomic E-state index is 6.61. The van der Waals surface area contributed by atoms with Gasteiger partial charge in [0.15, 0.2) is 0 Å². The molecule has 0 amide bonds. The summed E-state index contributed by atoms with van der Waals surface area (Å²) in [7, 11) is 3.19. The molecule has 0 aliphatic rings. The molecule has 6 heteroatoms. The third kappa shape index (κ3) is 3.50. The van der Waals surface area contributed by atoms with Gasteiger partial charge < -0.3 is 9.47 Å². The van der Waals surface area contributed by atoms with Crippen LogP contribution in [0, 0.1) is 0 Å². The van der Waals surface area contributed by atoms with Gasteiger partial charge in [-0.1, -0.05) is 27.5 Å². The van der Waals surface area contributed by atoms with Crippen molar-refractivity contribution in [3.63, 3.8) is 0 Å². The Morgan fingerprint density at radius 1 is 1.00 bits per heavy atom. The molecule has 0 radical (unpaired) electrons. The van der Waals surface area contributed by atoms with Crippen LogP contribution >= 0.6 is 55.1 Å². The summed E-state index contributed by atoms with van der Waals surface area (Å²) in [6.45, 7) is 0. The second-order valence-electron chi connectivity index (χ2n) is 4.23. The van der Waals surface area contributed by atoms with Crippen molar-refractivity contribution in [1.82, 2.24) is 0 Å². The fourth-order valence-corrected chi connectivity index (χ4v) is 3.69. The molecule has 1 atom stereocenters. The molecular formula is C15H12Br2Cl2O2. The van der Waals surface area contributed by atoms with E-state index >= 15 is 0 Å². The van der Waals surface area contributed by atoms with E-state index in [1.165, 1.54) is 0 Å². The van der Waals surface area contributed by atoms with Crippen molar-refractivity contribution >= 4 is 55.1 Å². The molecule has 0 saturated heterocycles. The molecule has 0 saturated carbocycles. The van der Waals surface area contributed by atoms with Crippen LogP contribution in [0.2, 0.25) is 5.02 Å². The van der Waals surface area contributed by atoms with E-state index in [0.29, 0.717) is 16.5 Å². The smallest absolute Gasteiger partial charge is 0.141 e. The van der Waals surface area contributed by atoms with Gasteiger partial charge in [-0.3, -0.25) is 0 Å². The average molecular weight is 455 g/mol. The van der Waals surface area contributed by atoms with Crippen LogP contribution < -0.4 is 9.47 Å². The summed E-state index contributed by atoms with van der Waals surface area (Å²) < 4.78 is 12.4. The van der Waals surface area contributed by atoms with Gasteiger partial charge >= 0.3 is 0 Å². The second-order valence-corrected chi connectivity index (χ2v) is 6.78. The van der Waals surface area contributed by atoms with Crippen molar-refractivity contribution in [1.29, 1.82) is 0 Å². The SMILES string of the molecule is COc1ccc(C(Cl)c2cc(Br)ccc2Cl)c(OC)c1Br. The van der Waals surface area contributed by atoms with Crippen molar-refractivity contribution in [2.24, 2.45) is 0 Å². The van der Waals surface area contributed by atoms with E-state index < -0.39 is 5.38 Å². The summed E-state index contributed by atoms with van der Waals surface area (Å²) in [5, 5.41) is 0.166. The number of halogens is 4. The Labute approximate surface area is 150 Å². The lowest BCUT2D eigenvalue weighted by atomic mass is 10.0. The van der Waals surface area contributed by atoms with Crippen LogP contribution in [0.3, 0.4) is 0 Å². The normalized spacial score (nSPS) is 12.1. The number of hydrogen-bond acceptors (Lipinski definition) is 2. The number of methoxy groups -OCH3 is 2. The second kappa shape index (κ2) is 7.23. The Morgan fingerprint density at radius 2 is 1.71 bits per heavy atom. The molecule has 21 heavy (non-hydrogen) atoms. The minimum atomic E-state index is -0.438. The Balaban J connectivity index is 2.55. The fraction of sp³-hybridized carbons (Fsp3) is 0.200. The maximum Gasteiger partial charge on any atom is 0.141 e. The number of hydrogen-bond donors (Lipinski definition) is 0. The van der Waals surface area contributed by atoms with E-state index in [4.69, 9.17) is 32.7 Å². The van der Waals surface area contributed by atoms with Crippen LogP contribution in [0.15, 0.2) is 39.3 Å². The monoisotopic (exact) mass is 452 g/mol. The van der Waals surface area contributed by atoms with Crippen molar-refractivity contribution in [3.8, 4) is 11.5 Å². The topological polar surface area (TPSA) is 18.5 Å². The van der Waals surface area contributed by atoms with Gasteiger partial charge in [0, 0.05) is 15.1 Å². The van der Waals surface area contributed by atoms with E-state index in [2.05, 4.69) is 31.9 Å². The standard InChI is InChI=1S/C15H12Br2Cl2O2/c1-20-12-6-4-9(15(21-2)13(12)17)14(19)10-7-8(16)3-5-11(10)18/h3-7,14H,1-2H3. The average Bonchev–Trinajstić information content (AvgIpc) is 2.48. The van der Waals surface area contributed by atoms with Gasteiger partial charge in [-0.05, 0) is 51.8 Å². The summed E-state index contributed by atoms with van der Waals surface area (Å²) >= 11 is 19.8. The molecule has 0 bridgehead atoms. The van der Waals surface area contributed by atoms with E-state index in [1.807, 2.05) is 24.3 Å². The highest BCUT2D eigenvalue weighted by Gasteiger charge is 2.22. The first-order valence-corrected chi connectivity index (χ1v) is 8.39. The molecule has 112 valence electrons. The molecule has 0 spiro atoms. The Hall–Kier alpha value is -0.420. The Morgan fingerprint density at radius 3 is 2.33 bits per heavy atom. The predicted octanol–water partition coefficient (Wildman–Crippen LogP) is 6.21. The van der Waals surface area contributed by atoms with Gasteiger partial charge in [-0.15, -0.1) is 11.6 Å². The predicted molar refractivity (Wildman–Crippen MR) is 94.1 cm³/mol. The lowest BCUT2D eigenvalue weighted by molar-refractivity contribution is 0.386. The molecule has 2 nitrogen and oxygen atoms in total. The molecule has 2 rings (SSSR count). The first-order chi connectivity index (χ1) is 9.99. The molecule has 0 fully saturated rings. The third-order valence-electron chi connectivity index (χ3n) is 3.02. The van der Waals surface area contributed by atoms with Crippen LogP contribution in [0.5, 0.6) is 11.5 Å². The van der Waals surface area contributed by atoms with Crippen molar-refractivity contribution in [2.45, 2.75) is 5.38 Å². The molecule has 0 aliphatic carbocycles. The largest absolute Gasteiger partial charge is 0.495 e. The molecular weight excluding hydrogens is 443 g/mol. The molecule has 2 aromatic rings. The number of rotatable bonds is 4. The van der Waals surface area contributed by atoms with Gasteiger partial charge in [0.25, 0.3) is 0 Å². The van der Waals surface area contributed by atoms with Crippen LogP contribution in [-0.2, 0) is 0 Å². The molecule has 0 aromatic heterocycles. The quantitative estimate of drug-likeness (QED) is 0.511. The zero-order valence-corrected chi connectivity index (χ0v) is 16.0. The number of ether oxygens (including phenoxy) is 2. The number of alkyl halides is 1. The van der Waals surface area contributed by atoms with Crippen molar-refractivity contribution in [2.75, 3.05) is 14.2 Å². The zero-order chi connectivity index (χ0) is 15.6. The lowest BCUT2D eigenvalue weighted by Gasteiger charge is -2.18. The van der Waals surface area contributed by atoms with Crippen molar-refractivity contribution < 1.29 is 9.47 Å². The van der Waals surface area contributed by atoms with Crippen LogP contribution in [0.1, 0.15) is 16.5 Å². The van der Waals surface area contributed by atoms with Crippen LogP contribution in [0.4, 0.5) is 0 Å². The van der Waals surface area contributed by atoms with Gasteiger partial charge in [-0.2, -0.15) is 0 Å². The van der Waals surface area contributed by atoms with E-state index in [1.54, 1.807) is 20.3 Å². The molecule has 0 aliphatic heterocycles. The lowest BCUT2D eigenvalue weighted by Crippen LogP contribution is -2.00. The molecule has 0 N–H and O–H groups in total. The van der Waals surface area contributed by atoms with Gasteiger partial charge in [0.1, 0.15) is 16.0 Å². The first-order valence-electron chi connectivity index (χ1n) is 5.99. The third-order valence-corrected chi connectivity index (χ3v) is 5.08. The Bertz CT molecular complexity index is 662. The molecule has 0 heterocycles. The minimum Gasteiger partial charge on any atom is -0.495 e. The van der Waals surface area contributed by atoms with Gasteiger partial charge in [-0.25, -0.2) is 0 Å². The maximum absolute atomic E-state index is 6.61. The van der Waals surface area contributed by atoms with E-state index in [9.17, 15) is 0 Å². The van der Waals surface area contributed by atoms with Crippen LogP contribution in [0.25, 0.3) is 0 Å². The summed E-state index contributed by atoms with van der Waals surface area (Å²) in [5.74, 6) is 1.31. The highest BCUT2D eigenvalue weighted by Crippen LogP contribution is 2.45. The van der Waals surface area contributed by atoms with E-state index in [-0.39, 0.29) is 0 Å². The molecule has 1 unspecified atom stereocenters. The summed E-state index contributed by atoms with van der Waals surface area (Å²) in [6, 6.07) is 9.29. The van der Waals surface area contributed by atoms with Gasteiger partial charge in [0.05, 0.1) is 19.6 Å². The number of benzene rings is 2. The Kier molecular flexibility index (Phi) is 5.83. The fourth-order valence-electron chi connectivity index (χ4n) is 1.99. The summed E-state index contributed by atoms with van der Waals surface area (Å²) in [5.41, 5.74) is 1.62. The van der Waals surface area contributed by atoms with Crippen LogP contribution in [-0.4, -0.2) is 14.2 Å². The minimum absolute atomic E-state index is 0.438. The highest BCUT2D eigenvalue weighted by molar-refractivity contribution is 9.11. The highest BCUT2D eigenvalue weighted by atomic mass is 79.9. The molecule has 2 aromatic carbocycles. The van der Waals surface area contributed by atoms with Gasteiger partial charge in [0.2, 0.25) is 0 Å². The van der Waals surface area contributed by atoms with Crippen molar-refractivity contribution in [3.05, 3.63) is 55.4 Å². The zero-order valence-electron chi connectivity index (χ0n) is 11.3. The van der Waals surface area contributed by atoms with E-state index in [0.717, 1.165) is 20.1 Å².